The summed E-state index contributed by atoms with van der Waals surface area (Å²) in [4.78, 5) is 14.2. The predicted molar refractivity (Wildman–Crippen MR) is 78.2 cm³/mol. The number of carbonyl (C=O) groups excluding carboxylic acids is 1. The highest BCUT2D eigenvalue weighted by Gasteiger charge is 2.34. The normalized spacial score (nSPS) is 18.5. The molecule has 1 fully saturated rings. The lowest BCUT2D eigenvalue weighted by Gasteiger charge is -2.38. The van der Waals surface area contributed by atoms with E-state index in [9.17, 15) is 4.79 Å². The fraction of sp³-hybridized carbons (Fsp3) is 0.500. The van der Waals surface area contributed by atoms with E-state index >= 15 is 0 Å². The molecule has 1 aromatic carbocycles. The number of amides is 1. The molecule has 0 saturated carbocycles. The fourth-order valence-electron chi connectivity index (χ4n) is 2.26. The summed E-state index contributed by atoms with van der Waals surface area (Å²) >= 11 is 3.47. The predicted octanol–water partition coefficient (Wildman–Crippen LogP) is 2.17. The molecule has 0 radical (unpaired) electrons. The molecular formula is C14H19BrN2O2. The third kappa shape index (κ3) is 3.09. The van der Waals surface area contributed by atoms with Crippen molar-refractivity contribution in [1.82, 2.24) is 10.2 Å². The van der Waals surface area contributed by atoms with Crippen molar-refractivity contribution in [2.24, 2.45) is 0 Å². The molecule has 2 rings (SSSR count). The molecule has 5 heteroatoms. The summed E-state index contributed by atoms with van der Waals surface area (Å²) in [6.07, 6.45) is 0. The molecule has 0 aliphatic carbocycles. The fourth-order valence-corrected chi connectivity index (χ4v) is 2.84. The number of carbonyl (C=O) groups is 1. The molecule has 19 heavy (non-hydrogen) atoms. The molecule has 0 bridgehead atoms. The first-order chi connectivity index (χ1) is 8.94. The average molecular weight is 327 g/mol. The summed E-state index contributed by atoms with van der Waals surface area (Å²) in [6, 6.07) is 5.91. The number of hydrogen-bond acceptors (Lipinski definition) is 3. The Morgan fingerprint density at radius 2 is 2.21 bits per heavy atom. The minimum atomic E-state index is -0.470. The van der Waals surface area contributed by atoms with Crippen LogP contribution in [0.25, 0.3) is 0 Å². The van der Waals surface area contributed by atoms with Crippen molar-refractivity contribution in [3.63, 3.8) is 0 Å². The van der Waals surface area contributed by atoms with E-state index in [-0.39, 0.29) is 5.91 Å². The van der Waals surface area contributed by atoms with Crippen molar-refractivity contribution < 1.29 is 9.53 Å². The molecule has 1 saturated heterocycles. The number of halogens is 1. The van der Waals surface area contributed by atoms with Crippen molar-refractivity contribution in [2.45, 2.75) is 25.9 Å². The number of nitrogens with one attached hydrogen (secondary N) is 1. The highest BCUT2D eigenvalue weighted by Crippen LogP contribution is 2.26. The van der Waals surface area contributed by atoms with E-state index in [4.69, 9.17) is 4.74 Å². The van der Waals surface area contributed by atoms with Crippen LogP contribution in [0, 0.1) is 0 Å². The second-order valence-corrected chi connectivity index (χ2v) is 6.10. The van der Waals surface area contributed by atoms with Gasteiger partial charge in [0.25, 0.3) is 0 Å². The summed E-state index contributed by atoms with van der Waals surface area (Å²) in [5.41, 5.74) is 0.626. The molecule has 0 atom stereocenters. The Kier molecular flexibility index (Phi) is 4.16. The maximum absolute atomic E-state index is 12.3. The number of rotatable bonds is 3. The van der Waals surface area contributed by atoms with Crippen molar-refractivity contribution >= 4 is 21.8 Å². The monoisotopic (exact) mass is 326 g/mol. The van der Waals surface area contributed by atoms with Crippen LogP contribution in [0.2, 0.25) is 0 Å². The van der Waals surface area contributed by atoms with Gasteiger partial charge in [-0.25, -0.2) is 0 Å². The van der Waals surface area contributed by atoms with Gasteiger partial charge in [-0.2, -0.15) is 0 Å². The van der Waals surface area contributed by atoms with Crippen molar-refractivity contribution in [3.05, 3.63) is 28.2 Å². The minimum Gasteiger partial charge on any atom is -0.496 e. The van der Waals surface area contributed by atoms with E-state index in [2.05, 4.69) is 21.2 Å². The van der Waals surface area contributed by atoms with E-state index in [0.717, 1.165) is 28.9 Å². The number of ether oxygens (including phenoxy) is 1. The van der Waals surface area contributed by atoms with Gasteiger partial charge in [-0.3, -0.25) is 4.79 Å². The lowest BCUT2D eigenvalue weighted by molar-refractivity contribution is -0.140. The molecule has 0 unspecified atom stereocenters. The lowest BCUT2D eigenvalue weighted by Crippen LogP contribution is -2.60. The first kappa shape index (κ1) is 14.3. The van der Waals surface area contributed by atoms with Gasteiger partial charge in [0.1, 0.15) is 5.75 Å². The third-order valence-electron chi connectivity index (χ3n) is 3.36. The standard InChI is InChI=1S/C14H19BrN2O2/c1-14(2)13(18)17(7-6-16-14)9-10-4-5-12(19-3)11(15)8-10/h4-5,8,16H,6-7,9H2,1-3H3. The van der Waals surface area contributed by atoms with Gasteiger partial charge < -0.3 is 15.0 Å². The molecule has 0 aromatic heterocycles. The van der Waals surface area contributed by atoms with Crippen LogP contribution >= 0.6 is 15.9 Å². The topological polar surface area (TPSA) is 41.6 Å². The SMILES string of the molecule is COc1ccc(CN2CCNC(C)(C)C2=O)cc1Br. The summed E-state index contributed by atoms with van der Waals surface area (Å²) in [5.74, 6) is 0.946. The van der Waals surface area contributed by atoms with E-state index < -0.39 is 5.54 Å². The zero-order valence-electron chi connectivity index (χ0n) is 11.5. The zero-order chi connectivity index (χ0) is 14.0. The zero-order valence-corrected chi connectivity index (χ0v) is 13.1. The first-order valence-electron chi connectivity index (χ1n) is 6.31. The Hall–Kier alpha value is -1.07. The van der Waals surface area contributed by atoms with Crippen LogP contribution in [0.1, 0.15) is 19.4 Å². The van der Waals surface area contributed by atoms with Gasteiger partial charge in [0.15, 0.2) is 0 Å². The molecule has 1 heterocycles. The molecule has 1 N–H and O–H groups in total. The molecule has 1 amide bonds. The van der Waals surface area contributed by atoms with Gasteiger partial charge >= 0.3 is 0 Å². The third-order valence-corrected chi connectivity index (χ3v) is 3.98. The second-order valence-electron chi connectivity index (χ2n) is 5.25. The number of methoxy groups -OCH3 is 1. The Bertz CT molecular complexity index is 488. The van der Waals surface area contributed by atoms with Crippen LogP contribution in [0.4, 0.5) is 0 Å². The van der Waals surface area contributed by atoms with E-state index in [0.29, 0.717) is 6.54 Å². The number of piperazine rings is 1. The number of hydrogen-bond donors (Lipinski definition) is 1. The summed E-state index contributed by atoms with van der Waals surface area (Å²) in [6.45, 7) is 6.05. The molecular weight excluding hydrogens is 308 g/mol. The smallest absolute Gasteiger partial charge is 0.242 e. The Balaban J connectivity index is 2.13. The van der Waals surface area contributed by atoms with Gasteiger partial charge in [-0.1, -0.05) is 6.07 Å². The Morgan fingerprint density at radius 1 is 1.47 bits per heavy atom. The van der Waals surface area contributed by atoms with Gasteiger partial charge in [0.05, 0.1) is 17.1 Å². The quantitative estimate of drug-likeness (QED) is 0.925. The van der Waals surface area contributed by atoms with Crippen LogP contribution in [-0.2, 0) is 11.3 Å². The molecule has 1 aliphatic rings. The Labute approximate surface area is 122 Å². The van der Waals surface area contributed by atoms with Crippen molar-refractivity contribution in [1.29, 1.82) is 0 Å². The Morgan fingerprint density at radius 3 is 2.84 bits per heavy atom. The van der Waals surface area contributed by atoms with Crippen molar-refractivity contribution in [3.8, 4) is 5.75 Å². The maximum Gasteiger partial charge on any atom is 0.242 e. The molecule has 1 aliphatic heterocycles. The lowest BCUT2D eigenvalue weighted by atomic mass is 10.0. The molecule has 1 aromatic rings. The van der Waals surface area contributed by atoms with Crippen LogP contribution in [0.15, 0.2) is 22.7 Å². The van der Waals surface area contributed by atoms with Crippen LogP contribution in [-0.4, -0.2) is 36.5 Å². The maximum atomic E-state index is 12.3. The van der Waals surface area contributed by atoms with E-state index in [1.807, 2.05) is 36.9 Å². The van der Waals surface area contributed by atoms with Crippen molar-refractivity contribution in [2.75, 3.05) is 20.2 Å². The van der Waals surface area contributed by atoms with Crippen LogP contribution in [0.3, 0.4) is 0 Å². The van der Waals surface area contributed by atoms with Gasteiger partial charge in [-0.15, -0.1) is 0 Å². The minimum absolute atomic E-state index is 0.144. The summed E-state index contributed by atoms with van der Waals surface area (Å²) in [7, 11) is 1.64. The molecule has 104 valence electrons. The van der Waals surface area contributed by atoms with Gasteiger partial charge in [0.2, 0.25) is 5.91 Å². The first-order valence-corrected chi connectivity index (χ1v) is 7.10. The number of benzene rings is 1. The number of nitrogens with zero attached hydrogens (tertiary/aromatic N) is 1. The van der Waals surface area contributed by atoms with E-state index in [1.54, 1.807) is 7.11 Å². The van der Waals surface area contributed by atoms with E-state index in [1.165, 1.54) is 0 Å². The molecule has 0 spiro atoms. The largest absolute Gasteiger partial charge is 0.496 e. The van der Waals surface area contributed by atoms with Gasteiger partial charge in [-0.05, 0) is 47.5 Å². The van der Waals surface area contributed by atoms with Crippen LogP contribution in [0.5, 0.6) is 5.75 Å². The summed E-state index contributed by atoms with van der Waals surface area (Å²) < 4.78 is 6.12. The van der Waals surface area contributed by atoms with Crippen LogP contribution < -0.4 is 10.1 Å². The highest BCUT2D eigenvalue weighted by atomic mass is 79.9. The second kappa shape index (κ2) is 5.51. The highest BCUT2D eigenvalue weighted by molar-refractivity contribution is 9.10. The summed E-state index contributed by atoms with van der Waals surface area (Å²) in [5, 5.41) is 3.23. The molecule has 4 nitrogen and oxygen atoms in total. The van der Waals surface area contributed by atoms with Gasteiger partial charge in [0, 0.05) is 19.6 Å². The average Bonchev–Trinajstić information content (AvgIpc) is 2.35.